The molecule has 0 aliphatic carbocycles. The Morgan fingerprint density at radius 3 is 2.65 bits per heavy atom. The summed E-state index contributed by atoms with van der Waals surface area (Å²) in [5.41, 5.74) is 1.42. The molecule has 1 fully saturated rings. The van der Waals surface area contributed by atoms with Crippen LogP contribution in [0.5, 0.6) is 5.75 Å². The molecule has 1 aromatic heterocycles. The van der Waals surface area contributed by atoms with Gasteiger partial charge in [-0.2, -0.15) is 0 Å². The van der Waals surface area contributed by atoms with Gasteiger partial charge in [0, 0.05) is 43.8 Å². The van der Waals surface area contributed by atoms with Gasteiger partial charge in [-0.3, -0.25) is 0 Å². The van der Waals surface area contributed by atoms with Crippen LogP contribution in [0.4, 0.5) is 5.69 Å². The highest BCUT2D eigenvalue weighted by Gasteiger charge is 2.23. The summed E-state index contributed by atoms with van der Waals surface area (Å²) in [6.07, 6.45) is 1.48. The molecular weight excluding hydrogens is 350 g/mol. The molecule has 1 radical (unpaired) electrons. The Morgan fingerprint density at radius 1 is 1.12 bits per heavy atom. The Morgan fingerprint density at radius 2 is 1.88 bits per heavy atom. The lowest BCUT2D eigenvalue weighted by molar-refractivity contribution is 0.412. The van der Waals surface area contributed by atoms with Crippen LogP contribution in [0, 0.1) is 6.07 Å². The van der Waals surface area contributed by atoms with Crippen LogP contribution in [0.3, 0.4) is 0 Å². The van der Waals surface area contributed by atoms with E-state index in [9.17, 15) is 8.42 Å². The molecule has 6 nitrogen and oxygen atoms in total. The van der Waals surface area contributed by atoms with Gasteiger partial charge in [-0.1, -0.05) is 18.2 Å². The number of piperazine rings is 1. The average molecular weight is 370 g/mol. The van der Waals surface area contributed by atoms with Gasteiger partial charge in [0.25, 0.3) is 10.0 Å². The van der Waals surface area contributed by atoms with Crippen LogP contribution >= 0.6 is 0 Å². The summed E-state index contributed by atoms with van der Waals surface area (Å²) in [6.45, 7) is 3.33. The molecule has 2 aromatic carbocycles. The fraction of sp³-hybridized carbons (Fsp3) is 0.263. The van der Waals surface area contributed by atoms with E-state index in [0.29, 0.717) is 11.3 Å². The topological polar surface area (TPSA) is 63.6 Å². The van der Waals surface area contributed by atoms with Crippen molar-refractivity contribution in [2.75, 3.05) is 38.2 Å². The third-order valence-electron chi connectivity index (χ3n) is 4.64. The monoisotopic (exact) mass is 370 g/mol. The van der Waals surface area contributed by atoms with Crippen LogP contribution in [0.2, 0.25) is 0 Å². The number of benzene rings is 2. The van der Waals surface area contributed by atoms with Crippen molar-refractivity contribution >= 4 is 26.6 Å². The molecule has 4 rings (SSSR count). The van der Waals surface area contributed by atoms with E-state index in [4.69, 9.17) is 4.74 Å². The molecule has 7 heteroatoms. The molecule has 1 saturated heterocycles. The minimum atomic E-state index is -3.72. The second-order valence-corrected chi connectivity index (χ2v) is 7.98. The zero-order valence-corrected chi connectivity index (χ0v) is 15.3. The minimum Gasteiger partial charge on any atom is -0.495 e. The number of methoxy groups -OCH3 is 1. The molecule has 0 unspecified atom stereocenters. The number of nitrogens with one attached hydrogen (secondary N) is 1. The van der Waals surface area contributed by atoms with Crippen molar-refractivity contribution in [3.8, 4) is 5.75 Å². The van der Waals surface area contributed by atoms with E-state index in [1.165, 1.54) is 10.2 Å². The molecule has 0 bridgehead atoms. The van der Waals surface area contributed by atoms with Gasteiger partial charge in [-0.15, -0.1) is 0 Å². The number of hydrogen-bond donors (Lipinski definition) is 1. The van der Waals surface area contributed by atoms with Crippen LogP contribution in [-0.4, -0.2) is 45.7 Å². The van der Waals surface area contributed by atoms with Crippen LogP contribution in [-0.2, 0) is 10.0 Å². The number of para-hydroxylation sites is 1. The molecule has 3 aromatic rings. The lowest BCUT2D eigenvalue weighted by Crippen LogP contribution is -2.43. The third-order valence-corrected chi connectivity index (χ3v) is 6.31. The van der Waals surface area contributed by atoms with Crippen LogP contribution in [0.1, 0.15) is 0 Å². The molecule has 26 heavy (non-hydrogen) atoms. The lowest BCUT2D eigenvalue weighted by atomic mass is 10.2. The predicted molar refractivity (Wildman–Crippen MR) is 101 cm³/mol. The van der Waals surface area contributed by atoms with Crippen molar-refractivity contribution in [2.24, 2.45) is 0 Å². The average Bonchev–Trinajstić information content (AvgIpc) is 3.13. The number of rotatable bonds is 4. The van der Waals surface area contributed by atoms with Gasteiger partial charge in [0.2, 0.25) is 0 Å². The SMILES string of the molecule is COc1ccc(S(=O)(=O)n2c[c]c3ccccc32)cc1N1CCNCC1. The van der Waals surface area contributed by atoms with Gasteiger partial charge >= 0.3 is 0 Å². The molecule has 1 aliphatic rings. The summed E-state index contributed by atoms with van der Waals surface area (Å²) >= 11 is 0. The Kier molecular flexibility index (Phi) is 4.34. The van der Waals surface area contributed by atoms with Gasteiger partial charge in [0.1, 0.15) is 5.75 Å². The first-order valence-corrected chi connectivity index (χ1v) is 9.92. The minimum absolute atomic E-state index is 0.238. The van der Waals surface area contributed by atoms with Crippen molar-refractivity contribution in [2.45, 2.75) is 4.90 Å². The lowest BCUT2D eigenvalue weighted by Gasteiger charge is -2.30. The highest BCUT2D eigenvalue weighted by Crippen LogP contribution is 2.32. The van der Waals surface area contributed by atoms with E-state index < -0.39 is 10.0 Å². The quantitative estimate of drug-likeness (QED) is 0.762. The molecular formula is C19H20N3O3S. The van der Waals surface area contributed by atoms with Gasteiger partial charge in [-0.05, 0) is 24.3 Å². The Labute approximate surface area is 153 Å². The van der Waals surface area contributed by atoms with E-state index in [1.807, 2.05) is 18.2 Å². The summed E-state index contributed by atoms with van der Waals surface area (Å²) in [7, 11) is -2.12. The van der Waals surface area contributed by atoms with Crippen molar-refractivity contribution in [1.82, 2.24) is 9.29 Å². The molecule has 2 heterocycles. The second-order valence-electron chi connectivity index (χ2n) is 6.16. The molecule has 0 saturated carbocycles. The second kappa shape index (κ2) is 6.66. The predicted octanol–water partition coefficient (Wildman–Crippen LogP) is 2.10. The van der Waals surface area contributed by atoms with E-state index in [-0.39, 0.29) is 4.90 Å². The first-order chi connectivity index (χ1) is 12.6. The van der Waals surface area contributed by atoms with Crippen LogP contribution < -0.4 is 15.0 Å². The first-order valence-electron chi connectivity index (χ1n) is 8.48. The van der Waals surface area contributed by atoms with Crippen molar-refractivity contribution in [3.05, 3.63) is 54.7 Å². The molecule has 0 atom stereocenters. The standard InChI is InChI=1S/C19H20N3O3S/c1-25-19-7-6-16(14-18(19)21-12-9-20-10-13-21)26(23,24)22-11-8-15-4-2-3-5-17(15)22/h2-7,11,14,20H,9-10,12-13H2,1H3. The number of hydrogen-bond acceptors (Lipinski definition) is 5. The maximum absolute atomic E-state index is 13.2. The van der Waals surface area contributed by atoms with Gasteiger partial charge in [0.15, 0.2) is 0 Å². The number of fused-ring (bicyclic) bond motifs is 1. The van der Waals surface area contributed by atoms with E-state index in [2.05, 4.69) is 16.3 Å². The molecule has 135 valence electrons. The van der Waals surface area contributed by atoms with Gasteiger partial charge < -0.3 is 15.0 Å². The highest BCUT2D eigenvalue weighted by molar-refractivity contribution is 7.90. The Balaban J connectivity index is 1.81. The van der Waals surface area contributed by atoms with Gasteiger partial charge in [-0.25, -0.2) is 12.4 Å². The smallest absolute Gasteiger partial charge is 0.268 e. The molecule has 1 aliphatic heterocycles. The molecule has 1 N–H and O–H groups in total. The van der Waals surface area contributed by atoms with E-state index in [1.54, 1.807) is 31.4 Å². The van der Waals surface area contributed by atoms with Crippen molar-refractivity contribution in [1.29, 1.82) is 0 Å². The fourth-order valence-corrected chi connectivity index (χ4v) is 4.62. The molecule has 0 spiro atoms. The normalized spacial score (nSPS) is 15.3. The third kappa shape index (κ3) is 2.83. The van der Waals surface area contributed by atoms with E-state index >= 15 is 0 Å². The van der Waals surface area contributed by atoms with Gasteiger partial charge in [0.05, 0.1) is 23.2 Å². The fourth-order valence-electron chi connectivity index (χ4n) is 3.28. The van der Waals surface area contributed by atoms with Crippen LogP contribution in [0.15, 0.2) is 53.6 Å². The molecule has 0 amide bonds. The maximum Gasteiger partial charge on any atom is 0.268 e. The zero-order valence-electron chi connectivity index (χ0n) is 14.5. The summed E-state index contributed by atoms with van der Waals surface area (Å²) in [4.78, 5) is 2.38. The van der Waals surface area contributed by atoms with Crippen LogP contribution in [0.25, 0.3) is 10.9 Å². The number of nitrogens with zero attached hydrogens (tertiary/aromatic N) is 2. The summed E-state index contributed by atoms with van der Waals surface area (Å²) in [5.74, 6) is 0.676. The number of ether oxygens (including phenoxy) is 1. The Bertz CT molecular complexity index is 1040. The summed E-state index contributed by atoms with van der Waals surface area (Å²) in [6, 6.07) is 15.3. The largest absolute Gasteiger partial charge is 0.495 e. The highest BCUT2D eigenvalue weighted by atomic mass is 32.2. The first kappa shape index (κ1) is 16.9. The number of anilines is 1. The summed E-state index contributed by atoms with van der Waals surface area (Å²) < 4.78 is 33.2. The number of aromatic nitrogens is 1. The Hall–Kier alpha value is -2.51. The summed E-state index contributed by atoms with van der Waals surface area (Å²) in [5, 5.41) is 4.07. The van der Waals surface area contributed by atoms with Crippen molar-refractivity contribution in [3.63, 3.8) is 0 Å². The zero-order chi connectivity index (χ0) is 18.1. The van der Waals surface area contributed by atoms with E-state index in [0.717, 1.165) is 37.3 Å². The maximum atomic E-state index is 13.2. The van der Waals surface area contributed by atoms with Crippen molar-refractivity contribution < 1.29 is 13.2 Å².